The quantitative estimate of drug-likeness (QED) is 0.121. The highest BCUT2D eigenvalue weighted by Gasteiger charge is 2.22. The third-order valence-electron chi connectivity index (χ3n) is 8.34. The SMILES string of the molecule is CCNC(=O)Nc1cc(-c2nc(-c3ccccc3)cs2)c(-c2cc3c(=O)c(C(=O)O)cn(CCN(C)C)c3cc2OCCN(CC)CC)cn1. The molecule has 2 aromatic carbocycles. The van der Waals surface area contributed by atoms with Gasteiger partial charge >= 0.3 is 12.0 Å². The summed E-state index contributed by atoms with van der Waals surface area (Å²) < 4.78 is 8.31. The van der Waals surface area contributed by atoms with Gasteiger partial charge in [0.25, 0.3) is 0 Å². The van der Waals surface area contributed by atoms with E-state index in [9.17, 15) is 19.5 Å². The van der Waals surface area contributed by atoms with E-state index in [1.807, 2.05) is 67.7 Å². The van der Waals surface area contributed by atoms with Gasteiger partial charge in [0, 0.05) is 77.7 Å². The zero-order valence-corrected chi connectivity index (χ0v) is 29.8. The minimum Gasteiger partial charge on any atom is -0.492 e. The summed E-state index contributed by atoms with van der Waals surface area (Å²) in [5.74, 6) is -0.468. The number of rotatable bonds is 15. The van der Waals surface area contributed by atoms with Crippen molar-refractivity contribution >= 4 is 40.1 Å². The van der Waals surface area contributed by atoms with Crippen LogP contribution in [0.2, 0.25) is 0 Å². The molecule has 5 aromatic rings. The molecule has 0 unspecified atom stereocenters. The Bertz CT molecular complexity index is 2020. The van der Waals surface area contributed by atoms with Gasteiger partial charge in [-0.15, -0.1) is 11.3 Å². The monoisotopic (exact) mass is 697 g/mol. The van der Waals surface area contributed by atoms with Crippen molar-refractivity contribution in [1.82, 2.24) is 29.7 Å². The van der Waals surface area contributed by atoms with E-state index in [0.29, 0.717) is 71.6 Å². The van der Waals surface area contributed by atoms with Gasteiger partial charge in [0.05, 0.1) is 11.2 Å². The number of aromatic nitrogens is 3. The summed E-state index contributed by atoms with van der Waals surface area (Å²) in [5, 5.41) is 18.4. The molecule has 262 valence electrons. The fourth-order valence-electron chi connectivity index (χ4n) is 5.59. The summed E-state index contributed by atoms with van der Waals surface area (Å²) in [6.07, 6.45) is 3.04. The minimum absolute atomic E-state index is 0.245. The molecule has 0 bridgehead atoms. The summed E-state index contributed by atoms with van der Waals surface area (Å²) in [6, 6.07) is 14.7. The normalized spacial score (nSPS) is 11.3. The molecule has 0 fully saturated rings. The Balaban J connectivity index is 1.75. The third-order valence-corrected chi connectivity index (χ3v) is 9.21. The predicted octanol–water partition coefficient (Wildman–Crippen LogP) is 5.98. The zero-order chi connectivity index (χ0) is 35.8. The number of hydrogen-bond donors (Lipinski definition) is 3. The Kier molecular flexibility index (Phi) is 12.0. The molecule has 0 saturated carbocycles. The van der Waals surface area contributed by atoms with Crippen molar-refractivity contribution in [3.63, 3.8) is 0 Å². The Hall–Kier alpha value is -5.11. The molecule has 5 rings (SSSR count). The summed E-state index contributed by atoms with van der Waals surface area (Å²) >= 11 is 1.44. The lowest BCUT2D eigenvalue weighted by molar-refractivity contribution is 0.0694. The van der Waals surface area contributed by atoms with Crippen LogP contribution < -0.4 is 20.8 Å². The van der Waals surface area contributed by atoms with E-state index in [1.54, 1.807) is 22.9 Å². The number of pyridine rings is 2. The van der Waals surface area contributed by atoms with Gasteiger partial charge in [-0.1, -0.05) is 44.2 Å². The molecule has 50 heavy (non-hydrogen) atoms. The second kappa shape index (κ2) is 16.5. The molecule has 0 aliphatic rings. The van der Waals surface area contributed by atoms with E-state index < -0.39 is 17.4 Å². The van der Waals surface area contributed by atoms with Crippen molar-refractivity contribution < 1.29 is 19.4 Å². The van der Waals surface area contributed by atoms with Gasteiger partial charge in [-0.2, -0.15) is 0 Å². The predicted molar refractivity (Wildman–Crippen MR) is 199 cm³/mol. The average molecular weight is 698 g/mol. The van der Waals surface area contributed by atoms with Crippen LogP contribution in [-0.2, 0) is 6.54 Å². The van der Waals surface area contributed by atoms with Gasteiger partial charge in [0.2, 0.25) is 5.43 Å². The number of fused-ring (bicyclic) bond motifs is 1. The summed E-state index contributed by atoms with van der Waals surface area (Å²) in [6.45, 7) is 10.3. The van der Waals surface area contributed by atoms with Crippen LogP contribution in [0.25, 0.3) is 43.9 Å². The first kappa shape index (κ1) is 36.2. The number of carboxylic acid groups (broad SMARTS) is 1. The van der Waals surface area contributed by atoms with Gasteiger partial charge in [0.15, 0.2) is 0 Å². The molecule has 13 heteroatoms. The van der Waals surface area contributed by atoms with Crippen LogP contribution in [0.5, 0.6) is 5.75 Å². The number of likely N-dealkylation sites (N-methyl/N-ethyl adjacent to an activating group) is 2. The second-order valence-corrected chi connectivity index (χ2v) is 12.8. The molecule has 12 nitrogen and oxygen atoms in total. The first-order valence-electron chi connectivity index (χ1n) is 16.6. The molecule has 2 amide bonds. The number of thiazole rings is 1. The Labute approximate surface area is 295 Å². The van der Waals surface area contributed by atoms with E-state index in [4.69, 9.17) is 9.72 Å². The topological polar surface area (TPSA) is 142 Å². The van der Waals surface area contributed by atoms with E-state index in [1.165, 1.54) is 17.5 Å². The van der Waals surface area contributed by atoms with Crippen LogP contribution in [0.1, 0.15) is 31.1 Å². The number of benzene rings is 2. The molecule has 0 aliphatic heterocycles. The zero-order valence-electron chi connectivity index (χ0n) is 29.0. The van der Waals surface area contributed by atoms with Crippen LogP contribution in [-0.4, -0.2) is 94.9 Å². The van der Waals surface area contributed by atoms with Crippen molar-refractivity contribution in [2.75, 3.05) is 58.7 Å². The number of carboxylic acids is 1. The first-order chi connectivity index (χ1) is 24.1. The number of carbonyl (C=O) groups excluding carboxylic acids is 1. The maximum absolute atomic E-state index is 13.8. The first-order valence-corrected chi connectivity index (χ1v) is 17.5. The minimum atomic E-state index is -1.30. The molecule has 3 heterocycles. The molecule has 0 atom stereocenters. The van der Waals surface area contributed by atoms with E-state index >= 15 is 0 Å². The summed E-state index contributed by atoms with van der Waals surface area (Å²) in [4.78, 5) is 52.3. The van der Waals surface area contributed by atoms with E-state index in [2.05, 4.69) is 34.4 Å². The molecule has 0 aliphatic carbocycles. The molecule has 0 radical (unpaired) electrons. The largest absolute Gasteiger partial charge is 0.492 e. The highest BCUT2D eigenvalue weighted by atomic mass is 32.1. The number of nitrogens with zero attached hydrogens (tertiary/aromatic N) is 5. The highest BCUT2D eigenvalue weighted by molar-refractivity contribution is 7.13. The van der Waals surface area contributed by atoms with E-state index in [-0.39, 0.29) is 10.9 Å². The lowest BCUT2D eigenvalue weighted by atomic mass is 9.98. The van der Waals surface area contributed by atoms with Gasteiger partial charge < -0.3 is 29.5 Å². The molecule has 0 saturated heterocycles. The van der Waals surface area contributed by atoms with Crippen LogP contribution in [0.4, 0.5) is 10.6 Å². The van der Waals surface area contributed by atoms with Crippen LogP contribution >= 0.6 is 11.3 Å². The maximum atomic E-state index is 13.8. The number of aromatic carboxylic acids is 1. The van der Waals surface area contributed by atoms with Gasteiger partial charge in [-0.25, -0.2) is 19.6 Å². The fraction of sp³-hybridized carbons (Fsp3) is 0.324. The van der Waals surface area contributed by atoms with Crippen LogP contribution in [0.3, 0.4) is 0 Å². The van der Waals surface area contributed by atoms with Crippen molar-refractivity contribution in [3.05, 3.63) is 82.1 Å². The molecule has 0 spiro atoms. The second-order valence-electron chi connectivity index (χ2n) is 11.9. The summed E-state index contributed by atoms with van der Waals surface area (Å²) in [7, 11) is 3.87. The van der Waals surface area contributed by atoms with Gasteiger partial charge in [0.1, 0.15) is 28.7 Å². The number of amides is 2. The summed E-state index contributed by atoms with van der Waals surface area (Å²) in [5.41, 5.74) is 3.23. The van der Waals surface area contributed by atoms with Crippen LogP contribution in [0, 0.1) is 0 Å². The average Bonchev–Trinajstić information content (AvgIpc) is 3.60. The lowest BCUT2D eigenvalue weighted by Crippen LogP contribution is -2.28. The van der Waals surface area contributed by atoms with Crippen molar-refractivity contribution in [2.24, 2.45) is 0 Å². The lowest BCUT2D eigenvalue weighted by Gasteiger charge is -2.21. The smallest absolute Gasteiger partial charge is 0.341 e. The third kappa shape index (κ3) is 8.36. The maximum Gasteiger partial charge on any atom is 0.341 e. The number of carbonyl (C=O) groups is 2. The number of hydrogen-bond acceptors (Lipinski definition) is 9. The van der Waals surface area contributed by atoms with Crippen molar-refractivity contribution in [2.45, 2.75) is 27.3 Å². The van der Waals surface area contributed by atoms with Gasteiger partial charge in [-0.3, -0.25) is 10.1 Å². The van der Waals surface area contributed by atoms with Crippen molar-refractivity contribution in [3.8, 4) is 38.7 Å². The highest BCUT2D eigenvalue weighted by Crippen LogP contribution is 2.41. The fourth-order valence-corrected chi connectivity index (χ4v) is 6.45. The number of urea groups is 1. The number of nitrogens with one attached hydrogen (secondary N) is 2. The van der Waals surface area contributed by atoms with Gasteiger partial charge in [-0.05, 0) is 46.2 Å². The molecular weight excluding hydrogens is 655 g/mol. The number of anilines is 1. The van der Waals surface area contributed by atoms with E-state index in [0.717, 1.165) is 24.3 Å². The molecular formula is C37H43N7O5S. The Morgan fingerprint density at radius 1 is 1.00 bits per heavy atom. The Morgan fingerprint density at radius 3 is 2.44 bits per heavy atom. The molecule has 3 N–H and O–H groups in total. The Morgan fingerprint density at radius 2 is 1.76 bits per heavy atom. The van der Waals surface area contributed by atoms with Crippen LogP contribution in [0.15, 0.2) is 71.1 Å². The molecule has 3 aromatic heterocycles. The van der Waals surface area contributed by atoms with Crippen molar-refractivity contribution in [1.29, 1.82) is 0 Å². The number of ether oxygens (including phenoxy) is 1. The standard InChI is InChI=1S/C37H43N7O5S/c1-6-38-37(48)41-33-19-26(35-40-30(23-50-35)24-12-10-9-11-13-24)28(21-39-33)25-18-27-31(20-32(25)49-17-16-43(7-2)8-3)44(15-14-42(4)5)22-29(34(27)45)36(46)47/h9-13,18-23H,6-8,14-17H2,1-5H3,(H,46,47)(H2,38,39,41,48).